The molecule has 0 fully saturated rings. The van der Waals surface area contributed by atoms with Gasteiger partial charge >= 0.3 is 0 Å². The molecule has 0 amide bonds. The zero-order chi connectivity index (χ0) is 14.0. The van der Waals surface area contributed by atoms with Crippen molar-refractivity contribution in [3.05, 3.63) is 29.6 Å². The van der Waals surface area contributed by atoms with Crippen molar-refractivity contribution in [1.29, 1.82) is 0 Å². The van der Waals surface area contributed by atoms with Gasteiger partial charge in [-0.2, -0.15) is 0 Å². The predicted molar refractivity (Wildman–Crippen MR) is 73.1 cm³/mol. The predicted octanol–water partition coefficient (Wildman–Crippen LogP) is 3.84. The average Bonchev–Trinajstić information content (AvgIpc) is 2.09. The second kappa shape index (κ2) is 5.27. The Morgan fingerprint density at radius 2 is 1.72 bits per heavy atom. The van der Waals surface area contributed by atoms with Crippen molar-refractivity contribution in [1.82, 2.24) is 5.32 Å². The molecular formula is C15H24FNO. The summed E-state index contributed by atoms with van der Waals surface area (Å²) in [5.74, 6) is -0.430. The Morgan fingerprint density at radius 3 is 2.22 bits per heavy atom. The van der Waals surface area contributed by atoms with Crippen LogP contribution in [0.25, 0.3) is 0 Å². The smallest absolute Gasteiger partial charge is 0.127 e. The molecule has 0 saturated heterocycles. The van der Waals surface area contributed by atoms with Crippen LogP contribution in [0.4, 0.5) is 4.39 Å². The lowest BCUT2D eigenvalue weighted by atomic mass is 9.82. The lowest BCUT2D eigenvalue weighted by molar-refractivity contribution is 0.240. The normalized spacial score (nSPS) is 12.8. The summed E-state index contributed by atoms with van der Waals surface area (Å²) in [5.41, 5.74) is 0.968. The van der Waals surface area contributed by atoms with Gasteiger partial charge in [-0.15, -0.1) is 0 Å². The van der Waals surface area contributed by atoms with E-state index < -0.39 is 5.82 Å². The summed E-state index contributed by atoms with van der Waals surface area (Å²) < 4.78 is 13.1. The Balaban J connectivity index is 2.64. The minimum absolute atomic E-state index is 0.0274. The van der Waals surface area contributed by atoms with Gasteiger partial charge in [-0.3, -0.25) is 0 Å². The molecule has 0 aliphatic carbocycles. The van der Waals surface area contributed by atoms with Crippen molar-refractivity contribution in [2.24, 2.45) is 5.41 Å². The van der Waals surface area contributed by atoms with Gasteiger partial charge in [0.1, 0.15) is 11.6 Å². The molecule has 3 heteroatoms. The molecule has 1 rings (SSSR count). The topological polar surface area (TPSA) is 32.3 Å². The zero-order valence-corrected chi connectivity index (χ0v) is 12.0. The molecule has 1 aromatic carbocycles. The van der Waals surface area contributed by atoms with Crippen molar-refractivity contribution in [2.45, 2.75) is 53.1 Å². The highest BCUT2D eigenvalue weighted by Gasteiger charge is 2.24. The van der Waals surface area contributed by atoms with Gasteiger partial charge in [-0.25, -0.2) is 4.39 Å². The first-order chi connectivity index (χ1) is 8.07. The molecule has 2 N–H and O–H groups in total. The third-order valence-electron chi connectivity index (χ3n) is 2.69. The van der Waals surface area contributed by atoms with E-state index in [2.05, 4.69) is 39.9 Å². The van der Waals surface area contributed by atoms with E-state index in [9.17, 15) is 9.50 Å². The van der Waals surface area contributed by atoms with Crippen molar-refractivity contribution in [2.75, 3.05) is 0 Å². The quantitative estimate of drug-likeness (QED) is 0.854. The zero-order valence-electron chi connectivity index (χ0n) is 12.0. The molecule has 0 aliphatic heterocycles. The van der Waals surface area contributed by atoms with E-state index in [4.69, 9.17) is 0 Å². The average molecular weight is 253 g/mol. The molecule has 18 heavy (non-hydrogen) atoms. The minimum atomic E-state index is -0.402. The van der Waals surface area contributed by atoms with Gasteiger partial charge in [0.05, 0.1) is 0 Å². The summed E-state index contributed by atoms with van der Waals surface area (Å²) in [4.78, 5) is 0. The largest absolute Gasteiger partial charge is 0.508 e. The first-order valence-corrected chi connectivity index (χ1v) is 6.31. The molecule has 0 bridgehead atoms. The second-order valence-corrected chi connectivity index (χ2v) is 6.79. The first kappa shape index (κ1) is 15.0. The molecule has 0 aromatic heterocycles. The summed E-state index contributed by atoms with van der Waals surface area (Å²) in [6.07, 6.45) is 1.02. The Labute approximate surface area is 109 Å². The number of hydrogen-bond acceptors (Lipinski definition) is 2. The van der Waals surface area contributed by atoms with E-state index in [1.54, 1.807) is 6.07 Å². The highest BCUT2D eigenvalue weighted by atomic mass is 19.1. The van der Waals surface area contributed by atoms with Gasteiger partial charge in [-0.05, 0) is 43.4 Å². The van der Waals surface area contributed by atoms with Crippen LogP contribution in [0.5, 0.6) is 5.75 Å². The third kappa shape index (κ3) is 5.50. The van der Waals surface area contributed by atoms with Crippen LogP contribution in [-0.2, 0) is 6.54 Å². The molecule has 1 aromatic rings. The lowest BCUT2D eigenvalue weighted by Gasteiger charge is -2.33. The summed E-state index contributed by atoms with van der Waals surface area (Å²) >= 11 is 0. The SMILES string of the molecule is CC(C)(C)CC(C)(C)NCc1cc(O)cc(F)c1. The van der Waals surface area contributed by atoms with Crippen LogP contribution in [-0.4, -0.2) is 10.6 Å². The number of rotatable bonds is 4. The number of nitrogens with one attached hydrogen (secondary N) is 1. The first-order valence-electron chi connectivity index (χ1n) is 6.31. The minimum Gasteiger partial charge on any atom is -0.508 e. The second-order valence-electron chi connectivity index (χ2n) is 6.79. The summed E-state index contributed by atoms with van der Waals surface area (Å²) in [6, 6.07) is 4.15. The number of phenolic OH excluding ortho intramolecular Hbond substituents is 1. The highest BCUT2D eigenvalue weighted by Crippen LogP contribution is 2.27. The van der Waals surface area contributed by atoms with E-state index >= 15 is 0 Å². The van der Waals surface area contributed by atoms with Crippen LogP contribution >= 0.6 is 0 Å². The fourth-order valence-electron chi connectivity index (χ4n) is 2.47. The van der Waals surface area contributed by atoms with Crippen LogP contribution in [0.2, 0.25) is 0 Å². The highest BCUT2D eigenvalue weighted by molar-refractivity contribution is 5.28. The fourth-order valence-corrected chi connectivity index (χ4v) is 2.47. The molecule has 0 saturated carbocycles. The van der Waals surface area contributed by atoms with Crippen molar-refractivity contribution >= 4 is 0 Å². The van der Waals surface area contributed by atoms with Gasteiger partial charge < -0.3 is 10.4 Å². The van der Waals surface area contributed by atoms with Gasteiger partial charge in [0.2, 0.25) is 0 Å². The van der Waals surface area contributed by atoms with Crippen LogP contribution in [0.1, 0.15) is 46.6 Å². The standard InChI is InChI=1S/C15H24FNO/c1-14(2,3)10-15(4,5)17-9-11-6-12(16)8-13(18)7-11/h6-8,17-18H,9-10H2,1-5H3. The number of halogens is 1. The maximum absolute atomic E-state index is 13.1. The van der Waals surface area contributed by atoms with Crippen LogP contribution in [0.3, 0.4) is 0 Å². The van der Waals surface area contributed by atoms with Crippen molar-refractivity contribution in [3.8, 4) is 5.75 Å². The molecule has 0 aliphatic rings. The molecule has 0 heterocycles. The number of benzene rings is 1. The van der Waals surface area contributed by atoms with E-state index in [1.165, 1.54) is 6.07 Å². The molecule has 0 atom stereocenters. The van der Waals surface area contributed by atoms with E-state index in [0.29, 0.717) is 6.54 Å². The van der Waals surface area contributed by atoms with Crippen LogP contribution < -0.4 is 5.32 Å². The summed E-state index contributed by atoms with van der Waals surface area (Å²) in [6.45, 7) is 11.4. The Hall–Kier alpha value is -1.09. The van der Waals surface area contributed by atoms with Gasteiger partial charge in [0, 0.05) is 18.2 Å². The van der Waals surface area contributed by atoms with Crippen molar-refractivity contribution < 1.29 is 9.50 Å². The van der Waals surface area contributed by atoms with Crippen LogP contribution in [0.15, 0.2) is 18.2 Å². The summed E-state index contributed by atoms with van der Waals surface area (Å²) in [7, 11) is 0. The number of phenols is 1. The number of aromatic hydroxyl groups is 1. The van der Waals surface area contributed by atoms with Gasteiger partial charge in [-0.1, -0.05) is 20.8 Å². The molecular weight excluding hydrogens is 229 g/mol. The molecule has 0 unspecified atom stereocenters. The molecule has 0 spiro atoms. The Kier molecular flexibility index (Phi) is 4.38. The molecule has 0 radical (unpaired) electrons. The summed E-state index contributed by atoms with van der Waals surface area (Å²) in [5, 5.41) is 12.8. The fraction of sp³-hybridized carbons (Fsp3) is 0.600. The third-order valence-corrected chi connectivity index (χ3v) is 2.69. The Bertz CT molecular complexity index is 387. The Morgan fingerprint density at radius 1 is 1.11 bits per heavy atom. The van der Waals surface area contributed by atoms with Gasteiger partial charge in [0.15, 0.2) is 0 Å². The maximum Gasteiger partial charge on any atom is 0.127 e. The maximum atomic E-state index is 13.1. The molecule has 102 valence electrons. The van der Waals surface area contributed by atoms with E-state index in [1.807, 2.05) is 0 Å². The van der Waals surface area contributed by atoms with Gasteiger partial charge in [0.25, 0.3) is 0 Å². The van der Waals surface area contributed by atoms with Crippen molar-refractivity contribution in [3.63, 3.8) is 0 Å². The van der Waals surface area contributed by atoms with E-state index in [-0.39, 0.29) is 16.7 Å². The monoisotopic (exact) mass is 253 g/mol. The van der Waals surface area contributed by atoms with E-state index in [0.717, 1.165) is 18.1 Å². The van der Waals surface area contributed by atoms with Crippen LogP contribution in [0, 0.1) is 11.2 Å². The lowest BCUT2D eigenvalue weighted by Crippen LogP contribution is -2.41. The molecule has 2 nitrogen and oxygen atoms in total. The number of hydrogen-bond donors (Lipinski definition) is 2.